The number of rotatable bonds is 3. The van der Waals surface area contributed by atoms with E-state index in [1.54, 1.807) is 31.5 Å². The third kappa shape index (κ3) is 3.71. The van der Waals surface area contributed by atoms with Crippen LogP contribution in [0.3, 0.4) is 0 Å². The van der Waals surface area contributed by atoms with Crippen molar-refractivity contribution >= 4 is 12.2 Å². The van der Waals surface area contributed by atoms with Gasteiger partial charge in [0.25, 0.3) is 0 Å². The van der Waals surface area contributed by atoms with Crippen molar-refractivity contribution in [2.45, 2.75) is 6.92 Å². The molecule has 0 N–H and O–H groups in total. The number of hydrogen-bond acceptors (Lipinski definition) is 3. The van der Waals surface area contributed by atoms with Gasteiger partial charge in [0.2, 0.25) is 0 Å². The maximum Gasteiger partial charge on any atom is 0.337 e. The van der Waals surface area contributed by atoms with Crippen LogP contribution in [-0.2, 0) is 9.53 Å². The molecule has 0 unspecified atom stereocenters. The summed E-state index contributed by atoms with van der Waals surface area (Å²) in [6.07, 6.45) is 6.60. The molecule has 0 atom stereocenters. The van der Waals surface area contributed by atoms with Crippen molar-refractivity contribution in [2.24, 2.45) is 4.99 Å². The molecular weight excluding hydrogens is 154 g/mol. The zero-order valence-electron chi connectivity index (χ0n) is 7.57. The molecule has 0 fully saturated rings. The van der Waals surface area contributed by atoms with Crippen molar-refractivity contribution in [3.05, 3.63) is 23.8 Å². The van der Waals surface area contributed by atoms with E-state index in [0.717, 1.165) is 0 Å². The minimum Gasteiger partial charge on any atom is -0.465 e. The van der Waals surface area contributed by atoms with Crippen molar-refractivity contribution in [2.75, 3.05) is 14.2 Å². The van der Waals surface area contributed by atoms with E-state index in [9.17, 15) is 4.79 Å². The van der Waals surface area contributed by atoms with Crippen LogP contribution in [0.5, 0.6) is 0 Å². The van der Waals surface area contributed by atoms with Crippen LogP contribution in [-0.4, -0.2) is 26.3 Å². The lowest BCUT2D eigenvalue weighted by molar-refractivity contribution is -0.135. The molecular formula is C9H13NO2. The van der Waals surface area contributed by atoms with Gasteiger partial charge < -0.3 is 4.74 Å². The van der Waals surface area contributed by atoms with Gasteiger partial charge in [-0.3, -0.25) is 4.99 Å². The van der Waals surface area contributed by atoms with Crippen LogP contribution in [0.1, 0.15) is 6.92 Å². The van der Waals surface area contributed by atoms with E-state index < -0.39 is 0 Å². The lowest BCUT2D eigenvalue weighted by atomic mass is 10.2. The van der Waals surface area contributed by atoms with E-state index in [1.807, 2.05) is 6.92 Å². The summed E-state index contributed by atoms with van der Waals surface area (Å²) in [5, 5.41) is 0. The van der Waals surface area contributed by atoms with E-state index in [2.05, 4.69) is 9.73 Å². The second-order valence-corrected chi connectivity index (χ2v) is 2.02. The van der Waals surface area contributed by atoms with Gasteiger partial charge in [0.05, 0.1) is 12.7 Å². The van der Waals surface area contributed by atoms with Gasteiger partial charge in [0.1, 0.15) is 0 Å². The van der Waals surface area contributed by atoms with Gasteiger partial charge >= 0.3 is 5.97 Å². The average Bonchev–Trinajstić information content (AvgIpc) is 2.11. The minimum absolute atomic E-state index is 0.354. The first-order valence-electron chi connectivity index (χ1n) is 3.59. The summed E-state index contributed by atoms with van der Waals surface area (Å²) in [5.41, 5.74) is 0.491. The predicted octanol–water partition coefficient (Wildman–Crippen LogP) is 1.36. The van der Waals surface area contributed by atoms with Crippen LogP contribution >= 0.6 is 0 Å². The number of nitrogens with zero attached hydrogens (tertiary/aromatic N) is 1. The van der Waals surface area contributed by atoms with Crippen molar-refractivity contribution in [1.29, 1.82) is 0 Å². The van der Waals surface area contributed by atoms with Crippen molar-refractivity contribution in [3.63, 3.8) is 0 Å². The Morgan fingerprint density at radius 2 is 2.17 bits per heavy atom. The molecule has 0 rings (SSSR count). The molecule has 0 aliphatic rings. The maximum atomic E-state index is 11.0. The molecule has 3 heteroatoms. The molecule has 0 saturated heterocycles. The Bertz CT molecular complexity index is 227. The molecule has 0 radical (unpaired) electrons. The first-order chi connectivity index (χ1) is 5.76. The van der Waals surface area contributed by atoms with Gasteiger partial charge in [-0.05, 0) is 13.0 Å². The summed E-state index contributed by atoms with van der Waals surface area (Å²) >= 11 is 0. The average molecular weight is 167 g/mol. The quantitative estimate of drug-likeness (QED) is 0.275. The number of methoxy groups -OCH3 is 1. The molecule has 66 valence electrons. The zero-order valence-corrected chi connectivity index (χ0v) is 7.57. The summed E-state index contributed by atoms with van der Waals surface area (Å²) in [7, 11) is 2.99. The number of carbonyl (C=O) groups excluding carboxylic acids is 1. The molecule has 0 heterocycles. The van der Waals surface area contributed by atoms with Crippen LogP contribution in [0.25, 0.3) is 0 Å². The zero-order chi connectivity index (χ0) is 9.40. The molecule has 0 aliphatic carbocycles. The number of allylic oxidation sites excluding steroid dienone is 2. The van der Waals surface area contributed by atoms with Crippen LogP contribution in [0.4, 0.5) is 0 Å². The van der Waals surface area contributed by atoms with Crippen LogP contribution in [0, 0.1) is 0 Å². The lowest BCUT2D eigenvalue weighted by Crippen LogP contribution is -2.02. The minimum atomic E-state index is -0.354. The normalized spacial score (nSPS) is 12.8. The van der Waals surface area contributed by atoms with Crippen molar-refractivity contribution in [1.82, 2.24) is 0 Å². The van der Waals surface area contributed by atoms with Gasteiger partial charge in [-0.25, -0.2) is 4.79 Å². The SMILES string of the molecule is C\C=C/C(=C\C=N\C)C(=O)OC. The topological polar surface area (TPSA) is 38.7 Å². The first kappa shape index (κ1) is 10.6. The highest BCUT2D eigenvalue weighted by atomic mass is 16.5. The Hall–Kier alpha value is -1.38. The van der Waals surface area contributed by atoms with E-state index in [1.165, 1.54) is 7.11 Å². The van der Waals surface area contributed by atoms with E-state index in [4.69, 9.17) is 0 Å². The third-order valence-electron chi connectivity index (χ3n) is 1.17. The van der Waals surface area contributed by atoms with E-state index >= 15 is 0 Å². The fourth-order valence-corrected chi connectivity index (χ4v) is 0.644. The number of carbonyl (C=O) groups is 1. The second-order valence-electron chi connectivity index (χ2n) is 2.02. The number of ether oxygens (including phenoxy) is 1. The van der Waals surface area contributed by atoms with Crippen LogP contribution in [0.2, 0.25) is 0 Å². The van der Waals surface area contributed by atoms with Gasteiger partial charge in [-0.2, -0.15) is 0 Å². The number of hydrogen-bond donors (Lipinski definition) is 0. The summed E-state index contributed by atoms with van der Waals surface area (Å²) in [6, 6.07) is 0. The molecule has 12 heavy (non-hydrogen) atoms. The third-order valence-corrected chi connectivity index (χ3v) is 1.17. The Balaban J connectivity index is 4.53. The maximum absolute atomic E-state index is 11.0. The number of esters is 1. The molecule has 0 aromatic carbocycles. The fourth-order valence-electron chi connectivity index (χ4n) is 0.644. The van der Waals surface area contributed by atoms with E-state index in [-0.39, 0.29) is 5.97 Å². The smallest absolute Gasteiger partial charge is 0.337 e. The molecule has 0 aliphatic heterocycles. The molecule has 0 aromatic rings. The largest absolute Gasteiger partial charge is 0.465 e. The Labute approximate surface area is 72.4 Å². The fraction of sp³-hybridized carbons (Fsp3) is 0.333. The molecule has 0 spiro atoms. The molecule has 0 bridgehead atoms. The molecule has 3 nitrogen and oxygen atoms in total. The standard InChI is InChI=1S/C9H13NO2/c1-4-5-8(6-7-10-2)9(11)12-3/h4-7H,1-3H3/b5-4-,8-6+,10-7+. The van der Waals surface area contributed by atoms with Crippen LogP contribution < -0.4 is 0 Å². The van der Waals surface area contributed by atoms with Gasteiger partial charge in [-0.15, -0.1) is 0 Å². The molecule has 0 saturated carbocycles. The summed E-state index contributed by atoms with van der Waals surface area (Å²) in [4.78, 5) is 14.7. The Morgan fingerprint density at radius 1 is 1.50 bits per heavy atom. The van der Waals surface area contributed by atoms with Crippen molar-refractivity contribution < 1.29 is 9.53 Å². The lowest BCUT2D eigenvalue weighted by Gasteiger charge is -1.96. The van der Waals surface area contributed by atoms with Gasteiger partial charge in [0, 0.05) is 13.3 Å². The van der Waals surface area contributed by atoms with Crippen LogP contribution in [0.15, 0.2) is 28.8 Å². The predicted molar refractivity (Wildman–Crippen MR) is 49.3 cm³/mol. The Morgan fingerprint density at radius 3 is 2.58 bits per heavy atom. The van der Waals surface area contributed by atoms with Crippen molar-refractivity contribution in [3.8, 4) is 0 Å². The monoisotopic (exact) mass is 167 g/mol. The summed E-state index contributed by atoms with van der Waals surface area (Å²) < 4.78 is 4.54. The second kappa shape index (κ2) is 6.34. The molecule has 0 aromatic heterocycles. The summed E-state index contributed by atoms with van der Waals surface area (Å²) in [5.74, 6) is -0.354. The van der Waals surface area contributed by atoms with E-state index in [0.29, 0.717) is 5.57 Å². The number of aliphatic imine (C=N–C) groups is 1. The highest BCUT2D eigenvalue weighted by Crippen LogP contribution is 1.98. The summed E-state index contributed by atoms with van der Waals surface area (Å²) in [6.45, 7) is 1.83. The Kier molecular flexibility index (Phi) is 5.61. The highest BCUT2D eigenvalue weighted by molar-refractivity contribution is 5.96. The van der Waals surface area contributed by atoms with Gasteiger partial charge in [-0.1, -0.05) is 12.2 Å². The first-order valence-corrected chi connectivity index (χ1v) is 3.59. The van der Waals surface area contributed by atoms with Gasteiger partial charge in [0.15, 0.2) is 0 Å². The highest BCUT2D eigenvalue weighted by Gasteiger charge is 2.02. The molecule has 0 amide bonds.